The van der Waals surface area contributed by atoms with Gasteiger partial charge < -0.3 is 0 Å². The minimum atomic E-state index is 0.656. The van der Waals surface area contributed by atoms with Crippen molar-refractivity contribution in [2.45, 2.75) is 0 Å². The average molecular weight is 236 g/mol. The molecule has 2 aromatic rings. The molecule has 2 rings (SSSR count). The van der Waals surface area contributed by atoms with Crippen LogP contribution in [0.2, 0.25) is 0 Å². The van der Waals surface area contributed by atoms with E-state index in [0.29, 0.717) is 6.41 Å². The Bertz CT molecular complexity index is 455. The Balaban J connectivity index is 2.46. The molecule has 0 saturated heterocycles. The largest absolute Gasteiger partial charge is 0.277 e. The number of carbonyl (C=O) groups is 1. The molecule has 0 atom stereocenters. The summed E-state index contributed by atoms with van der Waals surface area (Å²) in [5.41, 5.74) is 3.46. The summed E-state index contributed by atoms with van der Waals surface area (Å²) in [4.78, 5) is 14.8. The van der Waals surface area contributed by atoms with Crippen LogP contribution in [0.25, 0.3) is 11.3 Å². The molecule has 5 heteroatoms. The van der Waals surface area contributed by atoms with Gasteiger partial charge in [0.1, 0.15) is 10.7 Å². The number of hydrogen-bond donors (Lipinski definition) is 1. The van der Waals surface area contributed by atoms with Crippen molar-refractivity contribution in [3.05, 3.63) is 35.8 Å². The second-order valence-electron chi connectivity index (χ2n) is 2.82. The Kier molecular flexibility index (Phi) is 3.03. The third-order valence-corrected chi connectivity index (χ3v) is 3.16. The van der Waals surface area contributed by atoms with Crippen LogP contribution in [0.4, 0.5) is 5.00 Å². The van der Waals surface area contributed by atoms with Crippen molar-refractivity contribution in [2.24, 2.45) is 0 Å². The van der Waals surface area contributed by atoms with E-state index in [-0.39, 0.29) is 0 Å². The van der Waals surface area contributed by atoms with E-state index in [1.807, 2.05) is 30.3 Å². The van der Waals surface area contributed by atoms with Gasteiger partial charge >= 0.3 is 0 Å². The molecule has 0 aliphatic rings. The molecule has 1 aromatic carbocycles. The highest BCUT2D eigenvalue weighted by Crippen LogP contribution is 2.33. The van der Waals surface area contributed by atoms with E-state index in [1.54, 1.807) is 5.51 Å². The number of carbonyl (C=O) groups excluding carboxylic acids is 1. The summed E-state index contributed by atoms with van der Waals surface area (Å²) in [5.74, 6) is 0. The standard InChI is InChI=1S/C10H8N2OS2/c13-7-12(14)10-9(11-6-15-10)8-4-2-1-3-5-8/h1-7,14H. The van der Waals surface area contributed by atoms with Gasteiger partial charge in [-0.3, -0.25) is 4.79 Å². The highest BCUT2D eigenvalue weighted by atomic mass is 32.1. The van der Waals surface area contributed by atoms with Gasteiger partial charge in [0.05, 0.1) is 5.51 Å². The van der Waals surface area contributed by atoms with Crippen molar-refractivity contribution in [3.8, 4) is 11.3 Å². The van der Waals surface area contributed by atoms with Gasteiger partial charge in [-0.05, 0) is 0 Å². The third-order valence-electron chi connectivity index (χ3n) is 1.90. The van der Waals surface area contributed by atoms with Crippen LogP contribution in [0.15, 0.2) is 35.8 Å². The van der Waals surface area contributed by atoms with Gasteiger partial charge in [-0.25, -0.2) is 9.29 Å². The zero-order chi connectivity index (χ0) is 10.7. The van der Waals surface area contributed by atoms with Gasteiger partial charge in [-0.1, -0.05) is 43.1 Å². The molecule has 0 radical (unpaired) electrons. The molecule has 0 spiro atoms. The van der Waals surface area contributed by atoms with Crippen LogP contribution < -0.4 is 4.31 Å². The molecule has 1 aromatic heterocycles. The zero-order valence-corrected chi connectivity index (χ0v) is 9.41. The second-order valence-corrected chi connectivity index (χ2v) is 4.09. The van der Waals surface area contributed by atoms with Crippen LogP contribution in [0, 0.1) is 0 Å². The van der Waals surface area contributed by atoms with Crippen LogP contribution in [0.5, 0.6) is 0 Å². The third kappa shape index (κ3) is 2.03. The van der Waals surface area contributed by atoms with Crippen LogP contribution in [0.1, 0.15) is 0 Å². The SMILES string of the molecule is O=CN(S)c1scnc1-c1ccccc1. The lowest BCUT2D eigenvalue weighted by Gasteiger charge is -2.07. The first-order valence-electron chi connectivity index (χ1n) is 4.25. The van der Waals surface area contributed by atoms with Gasteiger partial charge in [-0.2, -0.15) is 0 Å². The monoisotopic (exact) mass is 236 g/mol. The second kappa shape index (κ2) is 4.46. The Morgan fingerprint density at radius 3 is 2.73 bits per heavy atom. The molecule has 0 aliphatic carbocycles. The molecule has 0 bridgehead atoms. The number of thiazole rings is 1. The summed E-state index contributed by atoms with van der Waals surface area (Å²) in [5, 5.41) is 0.736. The molecule has 3 nitrogen and oxygen atoms in total. The summed E-state index contributed by atoms with van der Waals surface area (Å²) < 4.78 is 1.24. The summed E-state index contributed by atoms with van der Waals surface area (Å²) >= 11 is 5.43. The van der Waals surface area contributed by atoms with Gasteiger partial charge in [0.25, 0.3) is 0 Å². The lowest BCUT2D eigenvalue weighted by atomic mass is 10.2. The number of aromatic nitrogens is 1. The molecule has 15 heavy (non-hydrogen) atoms. The average Bonchev–Trinajstić information content (AvgIpc) is 2.78. The zero-order valence-electron chi connectivity index (χ0n) is 7.70. The fourth-order valence-electron chi connectivity index (χ4n) is 1.24. The Morgan fingerprint density at radius 2 is 2.07 bits per heavy atom. The number of amides is 1. The topological polar surface area (TPSA) is 33.2 Å². The maximum atomic E-state index is 10.6. The molecule has 0 unspecified atom stereocenters. The Morgan fingerprint density at radius 1 is 1.33 bits per heavy atom. The summed E-state index contributed by atoms with van der Waals surface area (Å²) in [7, 11) is 0. The Labute approximate surface area is 96.9 Å². The van der Waals surface area contributed by atoms with Crippen molar-refractivity contribution in [1.29, 1.82) is 0 Å². The molecule has 1 heterocycles. The van der Waals surface area contributed by atoms with Crippen molar-refractivity contribution in [1.82, 2.24) is 4.98 Å². The molecular formula is C10H8N2OS2. The number of benzene rings is 1. The summed E-state index contributed by atoms with van der Waals surface area (Å²) in [6.45, 7) is 0. The number of nitrogens with zero attached hydrogens (tertiary/aromatic N) is 2. The fraction of sp³-hybridized carbons (Fsp3) is 0. The molecule has 0 aliphatic heterocycles. The highest BCUT2D eigenvalue weighted by Gasteiger charge is 2.12. The molecular weight excluding hydrogens is 228 g/mol. The predicted octanol–water partition coefficient (Wildman–Crippen LogP) is 2.62. The lowest BCUT2D eigenvalue weighted by Crippen LogP contribution is -2.05. The highest BCUT2D eigenvalue weighted by molar-refractivity contribution is 7.82. The maximum Gasteiger partial charge on any atom is 0.224 e. The minimum absolute atomic E-state index is 0.656. The van der Waals surface area contributed by atoms with E-state index in [4.69, 9.17) is 0 Å². The van der Waals surface area contributed by atoms with Crippen molar-refractivity contribution < 1.29 is 4.79 Å². The van der Waals surface area contributed by atoms with Crippen LogP contribution in [0.3, 0.4) is 0 Å². The fourth-order valence-corrected chi connectivity index (χ4v) is 2.17. The van der Waals surface area contributed by atoms with Gasteiger partial charge in [-0.15, -0.1) is 11.3 Å². The first-order chi connectivity index (χ1) is 7.33. The van der Waals surface area contributed by atoms with Gasteiger partial charge in [0, 0.05) is 5.56 Å². The molecule has 1 amide bonds. The lowest BCUT2D eigenvalue weighted by molar-refractivity contribution is -0.106. The van der Waals surface area contributed by atoms with Crippen LogP contribution >= 0.6 is 24.2 Å². The molecule has 0 fully saturated rings. The van der Waals surface area contributed by atoms with Gasteiger partial charge in [0.2, 0.25) is 6.41 Å². The molecule has 0 N–H and O–H groups in total. The van der Waals surface area contributed by atoms with Crippen LogP contribution in [-0.2, 0) is 4.79 Å². The van der Waals surface area contributed by atoms with E-state index in [2.05, 4.69) is 17.8 Å². The first kappa shape index (κ1) is 10.2. The van der Waals surface area contributed by atoms with Gasteiger partial charge in [0.15, 0.2) is 0 Å². The summed E-state index contributed by atoms with van der Waals surface area (Å²) in [6, 6.07) is 9.70. The molecule has 0 saturated carbocycles. The van der Waals surface area contributed by atoms with E-state index < -0.39 is 0 Å². The summed E-state index contributed by atoms with van der Waals surface area (Å²) in [6.07, 6.45) is 0.656. The van der Waals surface area contributed by atoms with E-state index >= 15 is 0 Å². The van der Waals surface area contributed by atoms with Crippen molar-refractivity contribution >= 4 is 35.6 Å². The predicted molar refractivity (Wildman–Crippen MR) is 65.1 cm³/mol. The number of thiol groups is 1. The van der Waals surface area contributed by atoms with E-state index in [0.717, 1.165) is 16.3 Å². The van der Waals surface area contributed by atoms with Crippen molar-refractivity contribution in [3.63, 3.8) is 0 Å². The van der Waals surface area contributed by atoms with E-state index in [1.165, 1.54) is 15.6 Å². The van der Waals surface area contributed by atoms with Crippen LogP contribution in [-0.4, -0.2) is 11.4 Å². The minimum Gasteiger partial charge on any atom is -0.277 e. The number of rotatable bonds is 3. The maximum absolute atomic E-state index is 10.6. The quantitative estimate of drug-likeness (QED) is 0.656. The number of hydrogen-bond acceptors (Lipinski definition) is 4. The first-order valence-corrected chi connectivity index (χ1v) is 5.53. The smallest absolute Gasteiger partial charge is 0.224 e. The van der Waals surface area contributed by atoms with E-state index in [9.17, 15) is 4.79 Å². The Hall–Kier alpha value is -1.33. The number of anilines is 1. The normalized spacial score (nSPS) is 9.93. The molecule has 76 valence electrons. The van der Waals surface area contributed by atoms with Crippen molar-refractivity contribution in [2.75, 3.05) is 4.31 Å².